The summed E-state index contributed by atoms with van der Waals surface area (Å²) in [7, 11) is 0. The third kappa shape index (κ3) is 7.32. The first-order chi connectivity index (χ1) is 13.0. The van der Waals surface area contributed by atoms with E-state index in [1.165, 1.54) is 12.0 Å². The zero-order valence-corrected chi connectivity index (χ0v) is 19.0. The molecule has 1 aliphatic heterocycles. The summed E-state index contributed by atoms with van der Waals surface area (Å²) >= 11 is 0. The molecule has 0 aliphatic carbocycles. The number of halogens is 2. The van der Waals surface area contributed by atoms with E-state index in [-0.39, 0.29) is 30.7 Å². The quantitative estimate of drug-likeness (QED) is 0.739. The minimum atomic E-state index is -0.513. The Balaban J connectivity index is 0.00000210. The smallest absolute Gasteiger partial charge is 0.239 e. The molecule has 7 heteroatoms. The molecule has 1 aromatic carbocycles. The second-order valence-corrected chi connectivity index (χ2v) is 8.09. The number of nitrogens with zero attached hydrogens (tertiary/aromatic N) is 3. The van der Waals surface area contributed by atoms with Gasteiger partial charge in [0.1, 0.15) is 0 Å². The summed E-state index contributed by atoms with van der Waals surface area (Å²) < 4.78 is 2.04. The predicted molar refractivity (Wildman–Crippen MR) is 123 cm³/mol. The molecule has 0 bridgehead atoms. The number of hydrogen-bond donors (Lipinski definition) is 1. The van der Waals surface area contributed by atoms with Gasteiger partial charge in [-0.3, -0.25) is 4.79 Å². The molecule has 1 unspecified atom stereocenters. The molecule has 0 radical (unpaired) electrons. The van der Waals surface area contributed by atoms with Gasteiger partial charge in [0.15, 0.2) is 0 Å². The maximum absolute atomic E-state index is 12.8. The summed E-state index contributed by atoms with van der Waals surface area (Å²) in [5, 5.41) is 0. The fourth-order valence-corrected chi connectivity index (χ4v) is 3.95. The Bertz CT molecular complexity index is 735. The first-order valence-corrected chi connectivity index (χ1v) is 10.1. The van der Waals surface area contributed by atoms with Crippen LogP contribution < -0.4 is 5.73 Å². The average molecular weight is 441 g/mol. The summed E-state index contributed by atoms with van der Waals surface area (Å²) in [5.41, 5.74) is 8.35. The first kappa shape index (κ1) is 25.5. The van der Waals surface area contributed by atoms with Crippen LogP contribution in [0.15, 0.2) is 42.9 Å². The molecule has 2 heterocycles. The molecule has 0 spiro atoms. The van der Waals surface area contributed by atoms with E-state index in [4.69, 9.17) is 5.73 Å². The Morgan fingerprint density at radius 2 is 1.90 bits per heavy atom. The lowest BCUT2D eigenvalue weighted by Gasteiger charge is -2.24. The molecular formula is C22H34Cl2N4O. The second kappa shape index (κ2) is 12.2. The van der Waals surface area contributed by atoms with E-state index in [9.17, 15) is 4.79 Å². The van der Waals surface area contributed by atoms with Crippen molar-refractivity contribution in [2.24, 2.45) is 17.6 Å². The average Bonchev–Trinajstić information content (AvgIpc) is 2.94. The highest BCUT2D eigenvalue weighted by atomic mass is 35.5. The van der Waals surface area contributed by atoms with Gasteiger partial charge in [0.25, 0.3) is 0 Å². The van der Waals surface area contributed by atoms with E-state index in [0.717, 1.165) is 38.2 Å². The molecule has 1 aliphatic rings. The van der Waals surface area contributed by atoms with E-state index in [2.05, 4.69) is 31.0 Å². The summed E-state index contributed by atoms with van der Waals surface area (Å²) in [5.74, 6) is 1.46. The van der Waals surface area contributed by atoms with Gasteiger partial charge in [-0.1, -0.05) is 44.2 Å². The number of likely N-dealkylation sites (tertiary alicyclic amines) is 1. The molecule has 2 aromatic rings. The van der Waals surface area contributed by atoms with Crippen LogP contribution in [-0.4, -0.2) is 39.5 Å². The van der Waals surface area contributed by atoms with Gasteiger partial charge in [0.05, 0.1) is 18.1 Å². The molecule has 162 valence electrons. The number of imidazole rings is 1. The van der Waals surface area contributed by atoms with E-state index < -0.39 is 6.04 Å². The van der Waals surface area contributed by atoms with Gasteiger partial charge < -0.3 is 15.2 Å². The van der Waals surface area contributed by atoms with E-state index in [0.29, 0.717) is 18.3 Å². The van der Waals surface area contributed by atoms with E-state index in [1.54, 1.807) is 0 Å². The highest BCUT2D eigenvalue weighted by Gasteiger charge is 2.26. The zero-order valence-electron chi connectivity index (χ0n) is 17.4. The SMILES string of the molecule is CC(C)C1CCCN(C(=O)[C@@H](N)Cc2cn(Cc3ccccc3)cn2)CC1.Cl.Cl. The van der Waals surface area contributed by atoms with Gasteiger partial charge in [0.2, 0.25) is 5.91 Å². The Kier molecular flexibility index (Phi) is 10.7. The van der Waals surface area contributed by atoms with Gasteiger partial charge in [0, 0.05) is 32.3 Å². The second-order valence-electron chi connectivity index (χ2n) is 8.09. The van der Waals surface area contributed by atoms with Crippen molar-refractivity contribution in [2.75, 3.05) is 13.1 Å². The van der Waals surface area contributed by atoms with E-state index in [1.807, 2.05) is 40.2 Å². The Morgan fingerprint density at radius 1 is 1.17 bits per heavy atom. The van der Waals surface area contributed by atoms with Crippen LogP contribution in [0.4, 0.5) is 0 Å². The number of rotatable bonds is 6. The number of hydrogen-bond acceptors (Lipinski definition) is 3. The van der Waals surface area contributed by atoms with Crippen LogP contribution in [0.25, 0.3) is 0 Å². The number of amides is 1. The lowest BCUT2D eigenvalue weighted by Crippen LogP contribution is -2.45. The summed E-state index contributed by atoms with van der Waals surface area (Å²) in [4.78, 5) is 19.2. The molecular weight excluding hydrogens is 407 g/mol. The monoisotopic (exact) mass is 440 g/mol. The van der Waals surface area contributed by atoms with Crippen LogP contribution in [-0.2, 0) is 17.8 Å². The van der Waals surface area contributed by atoms with Crippen LogP contribution in [0.3, 0.4) is 0 Å². The van der Waals surface area contributed by atoms with Crippen molar-refractivity contribution in [1.82, 2.24) is 14.5 Å². The van der Waals surface area contributed by atoms with Crippen LogP contribution in [0.2, 0.25) is 0 Å². The van der Waals surface area contributed by atoms with Gasteiger partial charge in [-0.15, -0.1) is 24.8 Å². The number of benzene rings is 1. The van der Waals surface area contributed by atoms with Gasteiger partial charge in [-0.2, -0.15) is 0 Å². The fraction of sp³-hybridized carbons (Fsp3) is 0.545. The molecule has 0 saturated carbocycles. The summed E-state index contributed by atoms with van der Waals surface area (Å²) in [6, 6.07) is 9.76. The van der Waals surface area contributed by atoms with Gasteiger partial charge >= 0.3 is 0 Å². The number of carbonyl (C=O) groups is 1. The van der Waals surface area contributed by atoms with Crippen LogP contribution in [0.1, 0.15) is 44.4 Å². The van der Waals surface area contributed by atoms with Crippen molar-refractivity contribution in [2.45, 2.75) is 52.1 Å². The highest BCUT2D eigenvalue weighted by Crippen LogP contribution is 2.24. The third-order valence-electron chi connectivity index (χ3n) is 5.67. The molecule has 1 fully saturated rings. The lowest BCUT2D eigenvalue weighted by molar-refractivity contribution is -0.132. The maximum atomic E-state index is 12.8. The van der Waals surface area contributed by atoms with Crippen LogP contribution in [0, 0.1) is 11.8 Å². The van der Waals surface area contributed by atoms with Crippen molar-refractivity contribution in [3.63, 3.8) is 0 Å². The minimum Gasteiger partial charge on any atom is -0.341 e. The highest BCUT2D eigenvalue weighted by molar-refractivity contribution is 5.85. The molecule has 1 amide bonds. The molecule has 2 N–H and O–H groups in total. The summed E-state index contributed by atoms with van der Waals surface area (Å²) in [6.45, 7) is 7.00. The van der Waals surface area contributed by atoms with E-state index >= 15 is 0 Å². The Hall–Kier alpha value is -1.56. The number of carbonyl (C=O) groups excluding carboxylic acids is 1. The number of nitrogens with two attached hydrogens (primary N) is 1. The zero-order chi connectivity index (χ0) is 19.2. The molecule has 1 aromatic heterocycles. The molecule has 2 atom stereocenters. The Labute approximate surface area is 186 Å². The fourth-order valence-electron chi connectivity index (χ4n) is 3.95. The van der Waals surface area contributed by atoms with Gasteiger partial charge in [-0.05, 0) is 36.7 Å². The van der Waals surface area contributed by atoms with Crippen molar-refractivity contribution in [3.05, 3.63) is 54.1 Å². The maximum Gasteiger partial charge on any atom is 0.239 e. The largest absolute Gasteiger partial charge is 0.341 e. The predicted octanol–water partition coefficient (Wildman–Crippen LogP) is 3.93. The summed E-state index contributed by atoms with van der Waals surface area (Å²) in [6.07, 6.45) is 7.68. The molecule has 1 saturated heterocycles. The normalized spacial score (nSPS) is 17.8. The Morgan fingerprint density at radius 3 is 2.59 bits per heavy atom. The van der Waals surface area contributed by atoms with Gasteiger partial charge in [-0.25, -0.2) is 4.98 Å². The topological polar surface area (TPSA) is 64.2 Å². The van der Waals surface area contributed by atoms with Crippen LogP contribution in [0.5, 0.6) is 0 Å². The van der Waals surface area contributed by atoms with Crippen molar-refractivity contribution < 1.29 is 4.79 Å². The molecule has 5 nitrogen and oxygen atoms in total. The third-order valence-corrected chi connectivity index (χ3v) is 5.67. The lowest BCUT2D eigenvalue weighted by atomic mass is 9.89. The van der Waals surface area contributed by atoms with Crippen molar-refractivity contribution >= 4 is 30.7 Å². The minimum absolute atomic E-state index is 0. The first-order valence-electron chi connectivity index (χ1n) is 10.1. The standard InChI is InChI=1S/C22H32N4O.2ClH/c1-17(2)19-9-6-11-26(12-10-19)22(27)21(23)13-20-15-25(16-24-20)14-18-7-4-3-5-8-18;;/h3-5,7-8,15-17,19,21H,6,9-14,23H2,1-2H3;2*1H/t19?,21-;;/m0../s1. The van der Waals surface area contributed by atoms with Crippen molar-refractivity contribution in [3.8, 4) is 0 Å². The van der Waals surface area contributed by atoms with Crippen LogP contribution >= 0.6 is 24.8 Å². The number of aromatic nitrogens is 2. The van der Waals surface area contributed by atoms with Crippen molar-refractivity contribution in [1.29, 1.82) is 0 Å². The molecule has 3 rings (SSSR count). The molecule has 29 heavy (non-hydrogen) atoms.